The van der Waals surface area contributed by atoms with Crippen molar-refractivity contribution in [2.45, 2.75) is 13.0 Å². The molecule has 0 heterocycles. The van der Waals surface area contributed by atoms with E-state index in [2.05, 4.69) is 22.5 Å². The van der Waals surface area contributed by atoms with Gasteiger partial charge in [0.2, 0.25) is 5.91 Å². The van der Waals surface area contributed by atoms with Crippen LogP contribution in [0.15, 0.2) is 24.3 Å². The van der Waals surface area contributed by atoms with Gasteiger partial charge in [-0.2, -0.15) is 0 Å². The molecule has 0 spiro atoms. The Balaban J connectivity index is 2.70. The molecule has 0 saturated carbocycles. The van der Waals surface area contributed by atoms with Crippen LogP contribution in [0.2, 0.25) is 0 Å². The van der Waals surface area contributed by atoms with Crippen molar-refractivity contribution in [2.24, 2.45) is 0 Å². The van der Waals surface area contributed by atoms with Gasteiger partial charge in [-0.15, -0.1) is 0 Å². The van der Waals surface area contributed by atoms with Gasteiger partial charge in [0.05, 0.1) is 0 Å². The van der Waals surface area contributed by atoms with Gasteiger partial charge in [-0.25, -0.2) is 0 Å². The first kappa shape index (κ1) is 14.7. The van der Waals surface area contributed by atoms with Crippen molar-refractivity contribution in [1.82, 2.24) is 10.6 Å². The highest BCUT2D eigenvalue weighted by Gasteiger charge is 2.14. The van der Waals surface area contributed by atoms with Crippen LogP contribution in [0.4, 0.5) is 0 Å². The fourth-order valence-electron chi connectivity index (χ4n) is 1.41. The molecule has 0 aliphatic heterocycles. The molecule has 0 radical (unpaired) electrons. The highest BCUT2D eigenvalue weighted by atomic mass is 16.2. The summed E-state index contributed by atoms with van der Waals surface area (Å²) in [6.45, 7) is 1.41. The zero-order valence-electron chi connectivity index (χ0n) is 10.9. The summed E-state index contributed by atoms with van der Waals surface area (Å²) in [5.41, 5.74) is 1.16. The molecule has 1 aromatic rings. The second-order valence-electron chi connectivity index (χ2n) is 3.85. The summed E-state index contributed by atoms with van der Waals surface area (Å²) in [6, 6.07) is 6.01. The quantitative estimate of drug-likeness (QED) is 0.664. The Hall–Kier alpha value is -2.32. The minimum Gasteiger partial charge on any atom is -0.384 e. The van der Waals surface area contributed by atoms with Gasteiger partial charge >= 0.3 is 0 Å². The predicted molar refractivity (Wildman–Crippen MR) is 71.4 cm³/mol. The number of likely N-dealkylation sites (N-methyl/N-ethyl adjacent to an activating group) is 1. The molecule has 0 bridgehead atoms. The van der Waals surface area contributed by atoms with E-state index in [0.29, 0.717) is 11.1 Å². The number of carbonyl (C=O) groups is 2. The van der Waals surface area contributed by atoms with Crippen LogP contribution in [0, 0.1) is 11.8 Å². The molecular formula is C14H16N2O3. The predicted octanol–water partition coefficient (Wildman–Crippen LogP) is -0.105. The molecule has 0 aliphatic rings. The molecule has 5 nitrogen and oxygen atoms in total. The lowest BCUT2D eigenvalue weighted by Crippen LogP contribution is -2.43. The third kappa shape index (κ3) is 4.45. The Morgan fingerprint density at radius 3 is 2.47 bits per heavy atom. The number of nitrogens with one attached hydrogen (secondary N) is 2. The van der Waals surface area contributed by atoms with Gasteiger partial charge in [0.25, 0.3) is 5.91 Å². The van der Waals surface area contributed by atoms with E-state index in [-0.39, 0.29) is 18.4 Å². The Kier molecular flexibility index (Phi) is 5.58. The first-order valence-electron chi connectivity index (χ1n) is 5.80. The minimum absolute atomic E-state index is 0.202. The second kappa shape index (κ2) is 7.19. The fraction of sp³-hybridized carbons (Fsp3) is 0.286. The maximum atomic E-state index is 11.8. The van der Waals surface area contributed by atoms with Crippen molar-refractivity contribution in [2.75, 3.05) is 13.7 Å². The Morgan fingerprint density at radius 1 is 1.32 bits per heavy atom. The summed E-state index contributed by atoms with van der Waals surface area (Å²) in [7, 11) is 1.51. The normalized spacial score (nSPS) is 10.9. The fourth-order valence-corrected chi connectivity index (χ4v) is 1.41. The van der Waals surface area contributed by atoms with Crippen LogP contribution in [0.3, 0.4) is 0 Å². The van der Waals surface area contributed by atoms with E-state index >= 15 is 0 Å². The van der Waals surface area contributed by atoms with Crippen LogP contribution in [-0.4, -0.2) is 36.6 Å². The first-order chi connectivity index (χ1) is 9.08. The van der Waals surface area contributed by atoms with Crippen LogP contribution in [0.5, 0.6) is 0 Å². The molecule has 1 atom stereocenters. The zero-order chi connectivity index (χ0) is 14.3. The molecule has 0 aliphatic carbocycles. The van der Waals surface area contributed by atoms with E-state index < -0.39 is 6.04 Å². The number of benzene rings is 1. The van der Waals surface area contributed by atoms with E-state index in [0.717, 1.165) is 0 Å². The van der Waals surface area contributed by atoms with Crippen molar-refractivity contribution in [1.29, 1.82) is 0 Å². The molecule has 1 aromatic carbocycles. The lowest BCUT2D eigenvalue weighted by atomic mass is 10.1. The van der Waals surface area contributed by atoms with Crippen molar-refractivity contribution in [3.05, 3.63) is 35.4 Å². The topological polar surface area (TPSA) is 78.4 Å². The van der Waals surface area contributed by atoms with Crippen LogP contribution < -0.4 is 10.6 Å². The van der Waals surface area contributed by atoms with E-state index in [1.165, 1.54) is 7.05 Å². The van der Waals surface area contributed by atoms with Crippen LogP contribution in [0.1, 0.15) is 22.8 Å². The van der Waals surface area contributed by atoms with Gasteiger partial charge in [0.1, 0.15) is 12.6 Å². The van der Waals surface area contributed by atoms with E-state index in [1.807, 2.05) is 0 Å². The molecule has 0 aromatic heterocycles. The largest absolute Gasteiger partial charge is 0.384 e. The minimum atomic E-state index is -0.591. The molecule has 19 heavy (non-hydrogen) atoms. The van der Waals surface area contributed by atoms with Crippen molar-refractivity contribution < 1.29 is 14.7 Å². The van der Waals surface area contributed by atoms with Gasteiger partial charge in [-0.3, -0.25) is 9.59 Å². The van der Waals surface area contributed by atoms with Crippen LogP contribution >= 0.6 is 0 Å². The molecule has 3 N–H and O–H groups in total. The van der Waals surface area contributed by atoms with E-state index in [9.17, 15) is 9.59 Å². The Labute approximate surface area is 112 Å². The molecule has 1 rings (SSSR count). The van der Waals surface area contributed by atoms with Crippen LogP contribution in [-0.2, 0) is 4.79 Å². The summed E-state index contributed by atoms with van der Waals surface area (Å²) < 4.78 is 0. The molecule has 1 unspecified atom stereocenters. The van der Waals surface area contributed by atoms with Gasteiger partial charge in [-0.1, -0.05) is 11.8 Å². The SMILES string of the molecule is CNC(=O)C(C)NC(=O)c1ccc(C#CCO)cc1. The van der Waals surface area contributed by atoms with Crippen molar-refractivity contribution in [3.63, 3.8) is 0 Å². The number of carbonyl (C=O) groups excluding carboxylic acids is 2. The first-order valence-corrected chi connectivity index (χ1v) is 5.80. The van der Waals surface area contributed by atoms with E-state index in [1.54, 1.807) is 31.2 Å². The highest BCUT2D eigenvalue weighted by molar-refractivity contribution is 5.97. The lowest BCUT2D eigenvalue weighted by molar-refractivity contribution is -0.122. The Bertz CT molecular complexity index is 512. The maximum absolute atomic E-state index is 11.8. The summed E-state index contributed by atoms with van der Waals surface area (Å²) in [6.07, 6.45) is 0. The molecular weight excluding hydrogens is 244 g/mol. The second-order valence-corrected chi connectivity index (χ2v) is 3.85. The smallest absolute Gasteiger partial charge is 0.251 e. The molecule has 0 fully saturated rings. The highest BCUT2D eigenvalue weighted by Crippen LogP contribution is 2.03. The number of aliphatic hydroxyl groups excluding tert-OH is 1. The van der Waals surface area contributed by atoms with Gasteiger partial charge in [0.15, 0.2) is 0 Å². The maximum Gasteiger partial charge on any atom is 0.251 e. The third-order valence-corrected chi connectivity index (χ3v) is 2.45. The molecule has 5 heteroatoms. The number of hydrogen-bond acceptors (Lipinski definition) is 3. The Morgan fingerprint density at radius 2 is 1.95 bits per heavy atom. The molecule has 2 amide bonds. The van der Waals surface area contributed by atoms with Gasteiger partial charge in [-0.05, 0) is 31.2 Å². The average molecular weight is 260 g/mol. The van der Waals surface area contributed by atoms with Crippen molar-refractivity contribution >= 4 is 11.8 Å². The number of hydrogen-bond donors (Lipinski definition) is 3. The summed E-state index contributed by atoms with van der Waals surface area (Å²) in [4.78, 5) is 23.1. The van der Waals surface area contributed by atoms with E-state index in [4.69, 9.17) is 5.11 Å². The van der Waals surface area contributed by atoms with Gasteiger partial charge < -0.3 is 15.7 Å². The molecule has 0 saturated heterocycles. The zero-order valence-corrected chi connectivity index (χ0v) is 10.9. The lowest BCUT2D eigenvalue weighted by Gasteiger charge is -2.12. The average Bonchev–Trinajstić information content (AvgIpc) is 2.44. The number of amides is 2. The summed E-state index contributed by atoms with van der Waals surface area (Å²) in [5, 5.41) is 13.6. The van der Waals surface area contributed by atoms with Crippen molar-refractivity contribution in [3.8, 4) is 11.8 Å². The van der Waals surface area contributed by atoms with Crippen LogP contribution in [0.25, 0.3) is 0 Å². The molecule has 100 valence electrons. The summed E-state index contributed by atoms with van der Waals surface area (Å²) >= 11 is 0. The monoisotopic (exact) mass is 260 g/mol. The number of rotatable bonds is 3. The third-order valence-electron chi connectivity index (χ3n) is 2.45. The number of aliphatic hydroxyl groups is 1. The van der Waals surface area contributed by atoms with Gasteiger partial charge in [0, 0.05) is 18.2 Å². The summed E-state index contributed by atoms with van der Waals surface area (Å²) in [5.74, 6) is 4.68. The standard InChI is InChI=1S/C14H16N2O3/c1-10(13(18)15-2)16-14(19)12-7-5-11(6-8-12)4-3-9-17/h5-8,10,17H,9H2,1-2H3,(H,15,18)(H,16,19).